The topological polar surface area (TPSA) is 133 Å². The zero-order valence-corrected chi connectivity index (χ0v) is 26.2. The van der Waals surface area contributed by atoms with Crippen LogP contribution < -0.4 is 10.1 Å². The van der Waals surface area contributed by atoms with Gasteiger partial charge in [0.25, 0.3) is 5.91 Å². The number of ether oxygens (including phenoxy) is 2. The van der Waals surface area contributed by atoms with Crippen molar-refractivity contribution in [3.8, 4) is 0 Å². The van der Waals surface area contributed by atoms with Crippen LogP contribution in [-0.2, 0) is 48.3 Å². The van der Waals surface area contributed by atoms with E-state index in [1.165, 1.54) is 22.7 Å². The third-order valence-electron chi connectivity index (χ3n) is 6.23. The molecule has 0 aliphatic heterocycles. The average molecular weight is 673 g/mol. The van der Waals surface area contributed by atoms with Crippen LogP contribution in [0.15, 0.2) is 27.7 Å². The zero-order valence-electron chi connectivity index (χ0n) is 22.2. The molecule has 1 aromatic carbocycles. The maximum atomic E-state index is 12.8. The highest BCUT2D eigenvalue weighted by Gasteiger charge is 2.28. The first-order valence-electron chi connectivity index (χ1n) is 12.8. The largest absolute Gasteiger partial charge is 0.462 e. The number of hydrogen-bond donors (Lipinski definition) is 1. The Bertz CT molecular complexity index is 1610. The van der Waals surface area contributed by atoms with Gasteiger partial charge in [0.1, 0.15) is 16.5 Å². The number of carbonyl (C=O) groups is 3. The third-order valence-corrected chi connectivity index (χ3v) is 10.4. The Hall–Kier alpha value is -2.39. The van der Waals surface area contributed by atoms with Crippen LogP contribution >= 0.6 is 38.6 Å². The minimum Gasteiger partial charge on any atom is -0.462 e. The number of esters is 1. The van der Waals surface area contributed by atoms with Crippen molar-refractivity contribution >= 4 is 81.4 Å². The predicted octanol–water partition coefficient (Wildman–Crippen LogP) is 4.10. The molecule has 2 amide bonds. The molecule has 216 valence electrons. The van der Waals surface area contributed by atoms with E-state index in [9.17, 15) is 22.8 Å². The van der Waals surface area contributed by atoms with Gasteiger partial charge in [-0.25, -0.2) is 13.2 Å². The van der Waals surface area contributed by atoms with E-state index < -0.39 is 39.1 Å². The minimum absolute atomic E-state index is 0.180. The molecule has 0 bridgehead atoms. The van der Waals surface area contributed by atoms with Crippen LogP contribution in [0.1, 0.15) is 47.0 Å². The lowest BCUT2D eigenvalue weighted by Gasteiger charge is -2.08. The number of aryl methyl sites for hydroxylation is 1. The maximum Gasteiger partial charge on any atom is 0.341 e. The molecule has 2 heterocycles. The second-order valence-corrected chi connectivity index (χ2v) is 14.3. The van der Waals surface area contributed by atoms with Crippen LogP contribution in [0.5, 0.6) is 0 Å². The van der Waals surface area contributed by atoms with Crippen molar-refractivity contribution < 1.29 is 32.3 Å². The molecule has 3 aromatic rings. The van der Waals surface area contributed by atoms with Crippen molar-refractivity contribution in [2.45, 2.75) is 45.6 Å². The van der Waals surface area contributed by atoms with Crippen molar-refractivity contribution in [2.75, 3.05) is 37.1 Å². The Labute approximate surface area is 248 Å². The first-order valence-corrected chi connectivity index (χ1v) is 17.0. The maximum absolute atomic E-state index is 12.8. The molecule has 1 aliphatic rings. The number of thiazole rings is 1. The van der Waals surface area contributed by atoms with Crippen LogP contribution in [0, 0.1) is 0 Å². The summed E-state index contributed by atoms with van der Waals surface area (Å²) in [6.07, 6.45) is 4.44. The summed E-state index contributed by atoms with van der Waals surface area (Å²) in [5, 5.41) is 2.89. The van der Waals surface area contributed by atoms with Crippen LogP contribution in [0.4, 0.5) is 5.00 Å². The van der Waals surface area contributed by atoms with Gasteiger partial charge in [0.05, 0.1) is 29.0 Å². The zero-order chi connectivity index (χ0) is 28.9. The van der Waals surface area contributed by atoms with Gasteiger partial charge in [-0.05, 0) is 56.4 Å². The first kappa shape index (κ1) is 30.6. The van der Waals surface area contributed by atoms with Gasteiger partial charge in [0, 0.05) is 23.0 Å². The quantitative estimate of drug-likeness (QED) is 0.253. The summed E-state index contributed by atoms with van der Waals surface area (Å²) in [5.74, 6) is -4.07. The molecule has 1 N–H and O–H groups in total. The molecule has 10 nitrogen and oxygen atoms in total. The monoisotopic (exact) mass is 671 g/mol. The van der Waals surface area contributed by atoms with Gasteiger partial charge in [0.2, 0.25) is 5.91 Å². The van der Waals surface area contributed by atoms with Crippen molar-refractivity contribution in [2.24, 2.45) is 4.99 Å². The van der Waals surface area contributed by atoms with Crippen molar-refractivity contribution in [1.29, 1.82) is 0 Å². The lowest BCUT2D eigenvalue weighted by atomic mass is 10.1. The molecule has 14 heteroatoms. The number of halogens is 1. The number of nitrogens with one attached hydrogen (secondary N) is 1. The van der Waals surface area contributed by atoms with Gasteiger partial charge in [-0.3, -0.25) is 9.59 Å². The average Bonchev–Trinajstić information content (AvgIpc) is 3.28. The Morgan fingerprint density at radius 3 is 2.65 bits per heavy atom. The summed E-state index contributed by atoms with van der Waals surface area (Å²) < 4.78 is 39.5. The van der Waals surface area contributed by atoms with Crippen molar-refractivity contribution in [3.63, 3.8) is 0 Å². The second kappa shape index (κ2) is 13.5. The summed E-state index contributed by atoms with van der Waals surface area (Å²) in [6.45, 7) is 2.68. The molecule has 40 heavy (non-hydrogen) atoms. The van der Waals surface area contributed by atoms with E-state index in [4.69, 9.17) is 9.47 Å². The summed E-state index contributed by atoms with van der Waals surface area (Å²) in [6, 6.07) is 5.64. The second-order valence-electron chi connectivity index (χ2n) is 9.22. The molecular weight excluding hydrogens is 642 g/mol. The number of nitrogens with zero attached hydrogens (tertiary/aromatic N) is 2. The van der Waals surface area contributed by atoms with E-state index in [1.54, 1.807) is 18.6 Å². The van der Waals surface area contributed by atoms with Crippen molar-refractivity contribution in [3.05, 3.63) is 43.5 Å². The lowest BCUT2D eigenvalue weighted by Crippen LogP contribution is -2.28. The summed E-state index contributed by atoms with van der Waals surface area (Å²) in [4.78, 5) is 43.7. The van der Waals surface area contributed by atoms with Crippen LogP contribution in [0.25, 0.3) is 10.2 Å². The van der Waals surface area contributed by atoms with Gasteiger partial charge in [0.15, 0.2) is 14.6 Å². The molecular formula is C26H30BrN3O7S3. The fraction of sp³-hybridized carbons (Fsp3) is 0.462. The van der Waals surface area contributed by atoms with E-state index in [2.05, 4.69) is 26.2 Å². The highest BCUT2D eigenvalue weighted by Crippen LogP contribution is 2.38. The van der Waals surface area contributed by atoms with Crippen molar-refractivity contribution in [1.82, 2.24) is 4.57 Å². The molecule has 0 unspecified atom stereocenters. The number of rotatable bonds is 10. The molecule has 1 aliphatic carbocycles. The molecule has 0 saturated heterocycles. The van der Waals surface area contributed by atoms with Crippen LogP contribution in [0.3, 0.4) is 0 Å². The Morgan fingerprint density at radius 2 is 1.90 bits per heavy atom. The van der Waals surface area contributed by atoms with Gasteiger partial charge >= 0.3 is 5.97 Å². The molecule has 0 spiro atoms. The summed E-state index contributed by atoms with van der Waals surface area (Å²) in [5.41, 5.74) is 2.01. The Balaban J connectivity index is 1.51. The van der Waals surface area contributed by atoms with Gasteiger partial charge < -0.3 is 19.4 Å². The first-order chi connectivity index (χ1) is 19.1. The van der Waals surface area contributed by atoms with E-state index >= 15 is 0 Å². The Morgan fingerprint density at radius 1 is 1.12 bits per heavy atom. The van der Waals surface area contributed by atoms with E-state index in [1.807, 2.05) is 18.2 Å². The number of benzene rings is 1. The third kappa shape index (κ3) is 7.46. The highest BCUT2D eigenvalue weighted by molar-refractivity contribution is 9.10. The molecule has 4 rings (SSSR count). The van der Waals surface area contributed by atoms with E-state index in [0.29, 0.717) is 29.9 Å². The standard InChI is InChI=1S/C26H30BrN3O7S3/c1-3-37-25(33)23-17-7-5-4-6-8-19(17)38-24(23)28-21(31)14-40(34,35)15-22(32)29-26-30(11-12-36-2)18-10-9-16(27)13-20(18)39-26/h9-10,13H,3-8,11-12,14-15H2,1-2H3,(H,28,31). The van der Waals surface area contributed by atoms with Gasteiger partial charge in [-0.1, -0.05) is 33.7 Å². The molecule has 0 atom stereocenters. The Kier molecular flexibility index (Phi) is 10.3. The van der Waals surface area contributed by atoms with E-state index in [0.717, 1.165) is 50.8 Å². The normalized spacial score (nSPS) is 14.1. The number of carbonyl (C=O) groups excluding carboxylic acids is 3. The summed E-state index contributed by atoms with van der Waals surface area (Å²) in [7, 11) is -2.58. The smallest absolute Gasteiger partial charge is 0.341 e. The minimum atomic E-state index is -4.14. The number of fused-ring (bicyclic) bond motifs is 2. The predicted molar refractivity (Wildman–Crippen MR) is 159 cm³/mol. The molecule has 0 radical (unpaired) electrons. The SMILES string of the molecule is CCOC(=O)c1c(NC(=O)CS(=O)(=O)CC(=O)N=c2sc3cc(Br)ccc3n2CCOC)sc2c1CCCCC2. The number of hydrogen-bond acceptors (Lipinski definition) is 9. The number of aromatic nitrogens is 1. The number of anilines is 1. The molecule has 0 saturated carbocycles. The van der Waals surface area contributed by atoms with Crippen LogP contribution in [0.2, 0.25) is 0 Å². The number of methoxy groups -OCH3 is 1. The lowest BCUT2D eigenvalue weighted by molar-refractivity contribution is -0.115. The fourth-order valence-electron chi connectivity index (χ4n) is 4.52. The fourth-order valence-corrected chi connectivity index (χ4v) is 8.45. The van der Waals surface area contributed by atoms with Gasteiger partial charge in [-0.2, -0.15) is 4.99 Å². The number of amides is 2. The summed E-state index contributed by atoms with van der Waals surface area (Å²) >= 11 is 5.97. The number of sulfone groups is 1. The molecule has 0 fully saturated rings. The van der Waals surface area contributed by atoms with E-state index in [-0.39, 0.29) is 11.6 Å². The van der Waals surface area contributed by atoms with Gasteiger partial charge in [-0.15, -0.1) is 11.3 Å². The molecule has 2 aromatic heterocycles. The number of thiophene rings is 1. The highest BCUT2D eigenvalue weighted by atomic mass is 79.9. The van der Waals surface area contributed by atoms with Crippen LogP contribution in [-0.4, -0.2) is 62.6 Å².